The molecule has 1 saturated heterocycles. The number of H-pyrrole nitrogens is 1. The van der Waals surface area contributed by atoms with Crippen LogP contribution in [0.25, 0.3) is 11.0 Å². The van der Waals surface area contributed by atoms with Gasteiger partial charge in [-0.15, -0.1) is 0 Å². The molecule has 5 rings (SSSR count). The van der Waals surface area contributed by atoms with Crippen LogP contribution in [0.3, 0.4) is 0 Å². The van der Waals surface area contributed by atoms with Crippen molar-refractivity contribution in [2.24, 2.45) is 5.14 Å². The number of anilines is 5. The summed E-state index contributed by atoms with van der Waals surface area (Å²) in [4.78, 5) is 14.3. The highest BCUT2D eigenvalue weighted by molar-refractivity contribution is 7.89. The van der Waals surface area contributed by atoms with Crippen molar-refractivity contribution in [3.8, 4) is 0 Å². The fraction of sp³-hybridized carbons (Fsp3) is 0.217. The number of aromatic nitrogens is 3. The predicted molar refractivity (Wildman–Crippen MR) is 143 cm³/mol. The van der Waals surface area contributed by atoms with Crippen LogP contribution in [0.2, 0.25) is 0 Å². The van der Waals surface area contributed by atoms with Crippen molar-refractivity contribution in [3.05, 3.63) is 60.8 Å². The quantitative estimate of drug-likeness (QED) is 0.274. The first kappa shape index (κ1) is 25.0. The van der Waals surface area contributed by atoms with Crippen LogP contribution in [0, 0.1) is 0 Å². The van der Waals surface area contributed by atoms with E-state index in [1.54, 1.807) is 18.3 Å². The second-order valence-corrected chi connectivity index (χ2v) is 12.2. The molecular weight excluding hydrogens is 516 g/mol. The molecule has 0 unspecified atom stereocenters. The van der Waals surface area contributed by atoms with Crippen molar-refractivity contribution in [1.82, 2.24) is 19.3 Å². The number of aromatic amines is 1. The topological polar surface area (TPSA) is 166 Å². The van der Waals surface area contributed by atoms with Crippen LogP contribution < -0.4 is 20.7 Å². The Balaban J connectivity index is 1.33. The molecule has 3 heterocycles. The molecule has 5 N–H and O–H groups in total. The standard InChI is InChI=1S/C23H26N8O4S2/c1-36(32,33)31-13-11-30(12-14-31)18-7-5-16(6-8-18)27-23-28-21-20(9-10-25-21)22(29-23)26-17-3-2-4-19(15-17)37(24,34)35/h2-10,15H,11-14H2,1H3,(H2,24,34,35)(H3,25,26,27,28,29). The predicted octanol–water partition coefficient (Wildman–Crippen LogP) is 2.17. The molecule has 0 saturated carbocycles. The van der Waals surface area contributed by atoms with Crippen molar-refractivity contribution in [3.63, 3.8) is 0 Å². The molecule has 12 nitrogen and oxygen atoms in total. The summed E-state index contributed by atoms with van der Waals surface area (Å²) in [6, 6.07) is 15.7. The molecule has 0 aliphatic carbocycles. The second kappa shape index (κ2) is 9.63. The molecule has 0 atom stereocenters. The summed E-state index contributed by atoms with van der Waals surface area (Å²) in [7, 11) is -7.02. The monoisotopic (exact) mass is 542 g/mol. The molecule has 1 fully saturated rings. The van der Waals surface area contributed by atoms with Crippen LogP contribution in [0.5, 0.6) is 0 Å². The summed E-state index contributed by atoms with van der Waals surface area (Å²) in [5.41, 5.74) is 2.88. The molecule has 0 radical (unpaired) electrons. The zero-order chi connectivity index (χ0) is 26.2. The van der Waals surface area contributed by atoms with Crippen LogP contribution >= 0.6 is 0 Å². The first-order chi connectivity index (χ1) is 17.6. The second-order valence-electron chi connectivity index (χ2n) is 8.65. The maximum absolute atomic E-state index is 11.7. The minimum Gasteiger partial charge on any atom is -0.369 e. The normalized spacial score (nSPS) is 15.1. The first-order valence-electron chi connectivity index (χ1n) is 11.4. The summed E-state index contributed by atoms with van der Waals surface area (Å²) < 4.78 is 48.4. The smallest absolute Gasteiger partial charge is 0.238 e. The van der Waals surface area contributed by atoms with Gasteiger partial charge in [-0.1, -0.05) is 6.07 Å². The molecule has 0 bridgehead atoms. The van der Waals surface area contributed by atoms with Crippen LogP contribution in [0.1, 0.15) is 0 Å². The number of nitrogens with zero attached hydrogens (tertiary/aromatic N) is 4. The summed E-state index contributed by atoms with van der Waals surface area (Å²) in [6.45, 7) is 2.15. The van der Waals surface area contributed by atoms with E-state index in [1.165, 1.54) is 22.7 Å². The average molecular weight is 543 g/mol. The summed E-state index contributed by atoms with van der Waals surface area (Å²) >= 11 is 0. The molecule has 0 spiro atoms. The summed E-state index contributed by atoms with van der Waals surface area (Å²) in [6.07, 6.45) is 2.98. The molecular formula is C23H26N8O4S2. The number of primary sulfonamides is 1. The number of nitrogens with one attached hydrogen (secondary N) is 3. The third-order valence-corrected chi connectivity index (χ3v) is 8.25. The van der Waals surface area contributed by atoms with E-state index >= 15 is 0 Å². The van der Waals surface area contributed by atoms with Crippen LogP contribution in [0.15, 0.2) is 65.7 Å². The lowest BCUT2D eigenvalue weighted by atomic mass is 10.2. The van der Waals surface area contributed by atoms with Crippen molar-refractivity contribution >= 4 is 59.9 Å². The van der Waals surface area contributed by atoms with Crippen molar-refractivity contribution in [1.29, 1.82) is 0 Å². The molecule has 2 aromatic carbocycles. The Kier molecular flexibility index (Phi) is 6.49. The Hall–Kier alpha value is -3.72. The number of hydrogen-bond acceptors (Lipinski definition) is 9. The van der Waals surface area contributed by atoms with E-state index in [0.29, 0.717) is 49.3 Å². The number of fused-ring (bicyclic) bond motifs is 1. The Bertz CT molecular complexity index is 1650. The van der Waals surface area contributed by atoms with E-state index in [1.807, 2.05) is 30.3 Å². The molecule has 0 amide bonds. The lowest BCUT2D eigenvalue weighted by molar-refractivity contribution is 0.388. The lowest BCUT2D eigenvalue weighted by Gasteiger charge is -2.34. The highest BCUT2D eigenvalue weighted by atomic mass is 32.2. The zero-order valence-corrected chi connectivity index (χ0v) is 21.6. The van der Waals surface area contributed by atoms with Gasteiger partial charge in [-0.25, -0.2) is 22.0 Å². The Morgan fingerprint density at radius 1 is 0.892 bits per heavy atom. The van der Waals surface area contributed by atoms with E-state index in [2.05, 4.69) is 30.5 Å². The van der Waals surface area contributed by atoms with Crippen LogP contribution in [-0.4, -0.2) is 68.5 Å². The van der Waals surface area contributed by atoms with Gasteiger partial charge in [0.2, 0.25) is 26.0 Å². The SMILES string of the molecule is CS(=O)(=O)N1CCN(c2ccc(Nc3nc(Nc4cccc(S(N)(=O)=O)c4)c4cc[nH]c4n3)cc2)CC1. The number of hydrogen-bond donors (Lipinski definition) is 4. The first-order valence-corrected chi connectivity index (χ1v) is 14.8. The Morgan fingerprint density at radius 3 is 2.30 bits per heavy atom. The van der Waals surface area contributed by atoms with Gasteiger partial charge in [0.05, 0.1) is 16.5 Å². The Labute approximate surface area is 214 Å². The molecule has 2 aromatic heterocycles. The van der Waals surface area contributed by atoms with Crippen molar-refractivity contribution in [2.45, 2.75) is 4.90 Å². The van der Waals surface area contributed by atoms with E-state index in [-0.39, 0.29) is 4.90 Å². The molecule has 37 heavy (non-hydrogen) atoms. The average Bonchev–Trinajstić information content (AvgIpc) is 3.33. The molecule has 1 aliphatic rings. The summed E-state index contributed by atoms with van der Waals surface area (Å²) in [5.74, 6) is 0.829. The van der Waals surface area contributed by atoms with Gasteiger partial charge in [0.15, 0.2) is 0 Å². The van der Waals surface area contributed by atoms with Crippen molar-refractivity contribution in [2.75, 3.05) is 48.0 Å². The summed E-state index contributed by atoms with van der Waals surface area (Å²) in [5, 5.41) is 12.3. The molecule has 4 aromatic rings. The van der Waals surface area contributed by atoms with Crippen LogP contribution in [0.4, 0.5) is 28.8 Å². The number of benzene rings is 2. The Morgan fingerprint density at radius 2 is 1.62 bits per heavy atom. The minimum absolute atomic E-state index is 0.00645. The lowest BCUT2D eigenvalue weighted by Crippen LogP contribution is -2.48. The molecule has 14 heteroatoms. The number of nitrogens with two attached hydrogens (primary N) is 1. The van der Waals surface area contributed by atoms with Gasteiger partial charge >= 0.3 is 0 Å². The fourth-order valence-electron chi connectivity index (χ4n) is 4.14. The molecule has 1 aliphatic heterocycles. The molecule has 194 valence electrons. The van der Waals surface area contributed by atoms with Crippen LogP contribution in [-0.2, 0) is 20.0 Å². The minimum atomic E-state index is -3.84. The van der Waals surface area contributed by atoms with E-state index in [4.69, 9.17) is 5.14 Å². The van der Waals surface area contributed by atoms with E-state index < -0.39 is 20.0 Å². The van der Waals surface area contributed by atoms with Gasteiger partial charge in [-0.2, -0.15) is 14.3 Å². The number of piperazine rings is 1. The van der Waals surface area contributed by atoms with E-state index in [0.717, 1.165) is 16.8 Å². The van der Waals surface area contributed by atoms with Crippen molar-refractivity contribution < 1.29 is 16.8 Å². The van der Waals surface area contributed by atoms with Gasteiger partial charge in [-0.3, -0.25) is 0 Å². The van der Waals surface area contributed by atoms with Gasteiger partial charge in [0.25, 0.3) is 0 Å². The van der Waals surface area contributed by atoms with Gasteiger partial charge in [0, 0.05) is 49.4 Å². The van der Waals surface area contributed by atoms with Gasteiger partial charge in [0.1, 0.15) is 11.5 Å². The number of sulfonamides is 2. The fourth-order valence-corrected chi connectivity index (χ4v) is 5.53. The highest BCUT2D eigenvalue weighted by Crippen LogP contribution is 2.27. The largest absolute Gasteiger partial charge is 0.369 e. The maximum atomic E-state index is 11.7. The van der Waals surface area contributed by atoms with E-state index in [9.17, 15) is 16.8 Å². The number of rotatable bonds is 7. The third kappa shape index (κ3) is 5.67. The van der Waals surface area contributed by atoms with Gasteiger partial charge < -0.3 is 20.5 Å². The highest BCUT2D eigenvalue weighted by Gasteiger charge is 2.23. The van der Waals surface area contributed by atoms with Gasteiger partial charge in [-0.05, 0) is 48.5 Å². The third-order valence-electron chi connectivity index (χ3n) is 6.04. The maximum Gasteiger partial charge on any atom is 0.238 e. The zero-order valence-electron chi connectivity index (χ0n) is 19.9.